The van der Waals surface area contributed by atoms with Crippen LogP contribution in [0.25, 0.3) is 0 Å². The lowest BCUT2D eigenvalue weighted by atomic mass is 9.86. The van der Waals surface area contributed by atoms with E-state index >= 15 is 0 Å². The van der Waals surface area contributed by atoms with Crippen LogP contribution in [-0.2, 0) is 23.8 Å². The lowest BCUT2D eigenvalue weighted by Crippen LogP contribution is -2.24. The molecule has 0 saturated heterocycles. The Hall–Kier alpha value is -1.78. The van der Waals surface area contributed by atoms with Crippen molar-refractivity contribution in [2.24, 2.45) is 5.92 Å². The van der Waals surface area contributed by atoms with E-state index in [-0.39, 0.29) is 18.3 Å². The average Bonchev–Trinajstić information content (AvgIpc) is 2.77. The average molecular weight is 266 g/mol. The molecule has 19 heavy (non-hydrogen) atoms. The maximum absolute atomic E-state index is 11.9. The van der Waals surface area contributed by atoms with E-state index in [0.29, 0.717) is 17.9 Å². The van der Waals surface area contributed by atoms with Gasteiger partial charge in [0.25, 0.3) is 6.29 Å². The highest BCUT2D eigenvalue weighted by molar-refractivity contribution is 5.84. The van der Waals surface area contributed by atoms with E-state index in [1.54, 1.807) is 6.92 Å². The molecule has 0 spiro atoms. The van der Waals surface area contributed by atoms with Crippen LogP contribution in [0.15, 0.2) is 24.2 Å². The second-order valence-electron chi connectivity index (χ2n) is 4.68. The molecule has 0 aromatic rings. The van der Waals surface area contributed by atoms with Crippen molar-refractivity contribution in [1.29, 1.82) is 0 Å². The molecule has 0 N–H and O–H groups in total. The zero-order valence-electron chi connectivity index (χ0n) is 11.0. The summed E-state index contributed by atoms with van der Waals surface area (Å²) >= 11 is 0. The standard InChI is InChI=1S/C14H18O5/c1-3-12(16)17-8-13-18-9(2)14(19-13)10-6-4-5-7-11(10)15/h3,10,13H,1,4-8H2,2H3. The van der Waals surface area contributed by atoms with Gasteiger partial charge in [-0.15, -0.1) is 0 Å². The fraction of sp³-hybridized carbons (Fsp3) is 0.571. The number of hydrogen-bond donors (Lipinski definition) is 0. The number of rotatable bonds is 4. The van der Waals surface area contributed by atoms with Crippen molar-refractivity contribution < 1.29 is 23.8 Å². The molecule has 1 aliphatic heterocycles. The van der Waals surface area contributed by atoms with Gasteiger partial charge < -0.3 is 14.2 Å². The number of hydrogen-bond acceptors (Lipinski definition) is 5. The van der Waals surface area contributed by atoms with Crippen LogP contribution in [0.3, 0.4) is 0 Å². The molecule has 5 nitrogen and oxygen atoms in total. The van der Waals surface area contributed by atoms with E-state index in [2.05, 4.69) is 6.58 Å². The lowest BCUT2D eigenvalue weighted by Gasteiger charge is -2.21. The van der Waals surface area contributed by atoms with Gasteiger partial charge >= 0.3 is 5.97 Å². The summed E-state index contributed by atoms with van der Waals surface area (Å²) in [4.78, 5) is 22.8. The summed E-state index contributed by atoms with van der Waals surface area (Å²) in [7, 11) is 0. The maximum atomic E-state index is 11.9. The Morgan fingerprint density at radius 3 is 2.95 bits per heavy atom. The molecule has 1 heterocycles. The number of ketones is 1. The number of allylic oxidation sites excluding steroid dienone is 2. The monoisotopic (exact) mass is 266 g/mol. The number of ether oxygens (including phenoxy) is 3. The molecule has 1 aliphatic carbocycles. The molecular formula is C14H18O5. The minimum absolute atomic E-state index is 0.00734. The molecule has 2 unspecified atom stereocenters. The summed E-state index contributed by atoms with van der Waals surface area (Å²) in [6.07, 6.45) is 3.79. The molecule has 1 fully saturated rings. The third kappa shape index (κ3) is 3.16. The van der Waals surface area contributed by atoms with Gasteiger partial charge in [-0.05, 0) is 19.8 Å². The fourth-order valence-electron chi connectivity index (χ4n) is 2.37. The van der Waals surface area contributed by atoms with E-state index < -0.39 is 12.3 Å². The molecule has 2 aliphatic rings. The predicted molar refractivity (Wildman–Crippen MR) is 66.8 cm³/mol. The van der Waals surface area contributed by atoms with E-state index in [0.717, 1.165) is 25.3 Å². The van der Waals surface area contributed by atoms with Crippen molar-refractivity contribution >= 4 is 11.8 Å². The Kier molecular flexibility index (Phi) is 4.24. The topological polar surface area (TPSA) is 61.8 Å². The van der Waals surface area contributed by atoms with Crippen LogP contribution in [0.2, 0.25) is 0 Å². The molecule has 0 aromatic carbocycles. The smallest absolute Gasteiger partial charge is 0.330 e. The summed E-state index contributed by atoms with van der Waals surface area (Å²) in [5.41, 5.74) is 0. The molecule has 1 saturated carbocycles. The molecular weight excluding hydrogens is 248 g/mol. The van der Waals surface area contributed by atoms with Gasteiger partial charge in [0.05, 0.1) is 5.92 Å². The van der Waals surface area contributed by atoms with Crippen molar-refractivity contribution in [2.45, 2.75) is 38.9 Å². The first-order valence-corrected chi connectivity index (χ1v) is 6.48. The molecule has 2 rings (SSSR count). The van der Waals surface area contributed by atoms with Crippen molar-refractivity contribution in [3.05, 3.63) is 24.2 Å². The van der Waals surface area contributed by atoms with E-state index in [1.807, 2.05) is 0 Å². The van der Waals surface area contributed by atoms with E-state index in [1.165, 1.54) is 0 Å². The number of esters is 1. The fourth-order valence-corrected chi connectivity index (χ4v) is 2.37. The Bertz CT molecular complexity index is 424. The van der Waals surface area contributed by atoms with Gasteiger partial charge in [-0.2, -0.15) is 0 Å². The highest BCUT2D eigenvalue weighted by Gasteiger charge is 2.35. The first kappa shape index (κ1) is 13.6. The van der Waals surface area contributed by atoms with Crippen LogP contribution in [0.1, 0.15) is 32.6 Å². The largest absolute Gasteiger partial charge is 0.455 e. The first-order chi connectivity index (χ1) is 9.11. The molecule has 104 valence electrons. The van der Waals surface area contributed by atoms with Gasteiger partial charge in [-0.25, -0.2) is 4.79 Å². The van der Waals surface area contributed by atoms with Gasteiger partial charge in [-0.3, -0.25) is 4.79 Å². The van der Waals surface area contributed by atoms with Crippen molar-refractivity contribution in [3.63, 3.8) is 0 Å². The molecule has 2 atom stereocenters. The third-order valence-corrected chi connectivity index (χ3v) is 3.31. The highest BCUT2D eigenvalue weighted by atomic mass is 16.7. The lowest BCUT2D eigenvalue weighted by molar-refractivity contribution is -0.151. The summed E-state index contributed by atoms with van der Waals surface area (Å²) in [6.45, 7) is 5.07. The number of carbonyl (C=O) groups is 2. The minimum Gasteiger partial charge on any atom is -0.455 e. The van der Waals surface area contributed by atoms with E-state index in [4.69, 9.17) is 14.2 Å². The zero-order valence-corrected chi connectivity index (χ0v) is 11.0. The van der Waals surface area contributed by atoms with Crippen LogP contribution < -0.4 is 0 Å². The normalized spacial score (nSPS) is 26.7. The van der Waals surface area contributed by atoms with Crippen molar-refractivity contribution in [1.82, 2.24) is 0 Å². The minimum atomic E-state index is -0.659. The number of Topliss-reactive ketones (excluding diaryl/α,β-unsaturated/α-hetero) is 1. The number of carbonyl (C=O) groups excluding carboxylic acids is 2. The van der Waals surface area contributed by atoms with Gasteiger partial charge in [-0.1, -0.05) is 13.0 Å². The Morgan fingerprint density at radius 1 is 1.47 bits per heavy atom. The summed E-state index contributed by atoms with van der Waals surface area (Å²) < 4.78 is 15.9. The Labute approximate surface area is 112 Å². The van der Waals surface area contributed by atoms with Gasteiger partial charge in [0.15, 0.2) is 6.61 Å². The molecule has 0 bridgehead atoms. The maximum Gasteiger partial charge on any atom is 0.330 e. The third-order valence-electron chi connectivity index (χ3n) is 3.31. The van der Waals surface area contributed by atoms with Crippen molar-refractivity contribution in [3.8, 4) is 0 Å². The van der Waals surface area contributed by atoms with Gasteiger partial charge in [0, 0.05) is 12.5 Å². The van der Waals surface area contributed by atoms with Crippen LogP contribution in [-0.4, -0.2) is 24.6 Å². The van der Waals surface area contributed by atoms with Crippen molar-refractivity contribution in [2.75, 3.05) is 6.61 Å². The van der Waals surface area contributed by atoms with Crippen LogP contribution in [0.5, 0.6) is 0 Å². The van der Waals surface area contributed by atoms with Crippen LogP contribution in [0, 0.1) is 5.92 Å². The molecule has 0 amide bonds. The second-order valence-corrected chi connectivity index (χ2v) is 4.68. The van der Waals surface area contributed by atoms with Gasteiger partial charge in [0.2, 0.25) is 0 Å². The molecule has 5 heteroatoms. The quantitative estimate of drug-likeness (QED) is 0.576. The summed E-state index contributed by atoms with van der Waals surface area (Å²) in [5, 5.41) is 0. The van der Waals surface area contributed by atoms with E-state index in [9.17, 15) is 9.59 Å². The summed E-state index contributed by atoms with van der Waals surface area (Å²) in [5.74, 6) is 0.693. The summed E-state index contributed by atoms with van der Waals surface area (Å²) in [6, 6.07) is 0. The highest BCUT2D eigenvalue weighted by Crippen LogP contribution is 2.34. The molecule has 0 aromatic heterocycles. The first-order valence-electron chi connectivity index (χ1n) is 6.48. The zero-order chi connectivity index (χ0) is 13.8. The Morgan fingerprint density at radius 2 is 2.26 bits per heavy atom. The second kappa shape index (κ2) is 5.91. The molecule has 0 radical (unpaired) electrons. The predicted octanol–water partition coefficient (Wildman–Crippen LogP) is 2.08. The SMILES string of the molecule is C=CC(=O)OCC1OC(C)=C(C2CCCCC2=O)O1. The van der Waals surface area contributed by atoms with Crippen LogP contribution >= 0.6 is 0 Å². The van der Waals surface area contributed by atoms with Gasteiger partial charge in [0.1, 0.15) is 17.3 Å². The van der Waals surface area contributed by atoms with Crippen LogP contribution in [0.4, 0.5) is 0 Å². The Balaban J connectivity index is 1.92.